The topological polar surface area (TPSA) is 46.9 Å². The molecule has 3 rings (SSSR count). The maximum atomic E-state index is 12.2. The third-order valence-electron chi connectivity index (χ3n) is 4.58. The zero-order valence-electron chi connectivity index (χ0n) is 14.2. The summed E-state index contributed by atoms with van der Waals surface area (Å²) in [4.78, 5) is 16.6. The number of carbonyl (C=O) groups is 1. The van der Waals surface area contributed by atoms with Gasteiger partial charge in [0.25, 0.3) is 0 Å². The molecule has 1 heterocycles. The number of anilines is 1. The summed E-state index contributed by atoms with van der Waals surface area (Å²) >= 11 is 1.52. The zero-order valence-corrected chi connectivity index (χ0v) is 15.0. The fourth-order valence-corrected chi connectivity index (χ4v) is 4.03. The van der Waals surface area contributed by atoms with Gasteiger partial charge in [-0.05, 0) is 37.0 Å². The van der Waals surface area contributed by atoms with Gasteiger partial charge in [-0.2, -0.15) is 0 Å². The van der Waals surface area contributed by atoms with E-state index in [1.165, 1.54) is 49.4 Å². The van der Waals surface area contributed by atoms with Crippen molar-refractivity contribution in [3.8, 4) is 0 Å². The molecule has 1 fully saturated rings. The normalized spacial score (nSPS) is 15.4. The Morgan fingerprint density at radius 3 is 2.71 bits per heavy atom. The van der Waals surface area contributed by atoms with E-state index in [4.69, 9.17) is 0 Å². The van der Waals surface area contributed by atoms with E-state index in [1.54, 1.807) is 0 Å². The van der Waals surface area contributed by atoms with Crippen LogP contribution >= 0.6 is 11.8 Å². The third kappa shape index (κ3) is 4.41. The van der Waals surface area contributed by atoms with E-state index < -0.39 is 0 Å². The van der Waals surface area contributed by atoms with Crippen LogP contribution in [0.15, 0.2) is 41.8 Å². The molecule has 0 bridgehead atoms. The number of aryl methyl sites for hydroxylation is 1. The third-order valence-corrected chi connectivity index (χ3v) is 5.56. The average Bonchev–Trinajstić information content (AvgIpc) is 3.10. The van der Waals surface area contributed by atoms with Crippen molar-refractivity contribution < 1.29 is 4.79 Å². The van der Waals surface area contributed by atoms with Gasteiger partial charge < -0.3 is 9.88 Å². The van der Waals surface area contributed by atoms with E-state index in [0.29, 0.717) is 11.8 Å². The van der Waals surface area contributed by atoms with Crippen LogP contribution < -0.4 is 5.32 Å². The summed E-state index contributed by atoms with van der Waals surface area (Å²) < 4.78 is 2.26. The first kappa shape index (κ1) is 17.1. The lowest BCUT2D eigenvalue weighted by Gasteiger charge is -2.24. The van der Waals surface area contributed by atoms with Crippen molar-refractivity contribution in [3.63, 3.8) is 0 Å². The van der Waals surface area contributed by atoms with Crippen LogP contribution in [0.3, 0.4) is 0 Å². The van der Waals surface area contributed by atoms with Crippen molar-refractivity contribution in [2.24, 2.45) is 0 Å². The van der Waals surface area contributed by atoms with Crippen LogP contribution in [-0.2, 0) is 11.2 Å². The van der Waals surface area contributed by atoms with Gasteiger partial charge in [-0.25, -0.2) is 4.98 Å². The Balaban J connectivity index is 1.53. The van der Waals surface area contributed by atoms with Crippen LogP contribution in [0.1, 0.15) is 50.6 Å². The number of hydrogen-bond acceptors (Lipinski definition) is 3. The van der Waals surface area contributed by atoms with Crippen LogP contribution in [0.25, 0.3) is 0 Å². The molecule has 5 heteroatoms. The highest BCUT2D eigenvalue weighted by molar-refractivity contribution is 7.99. The number of thioether (sulfide) groups is 1. The molecule has 1 amide bonds. The second-order valence-electron chi connectivity index (χ2n) is 6.30. The van der Waals surface area contributed by atoms with Gasteiger partial charge in [-0.15, -0.1) is 0 Å². The smallest absolute Gasteiger partial charge is 0.234 e. The standard InChI is InChI=1S/C19H25N3OS/c1-2-15-8-10-16(11-9-15)21-18(23)14-24-19-20-12-13-22(19)17-6-4-3-5-7-17/h8-13,17H,2-7,14H2,1H3,(H,21,23). The van der Waals surface area contributed by atoms with Crippen LogP contribution in [0.2, 0.25) is 0 Å². The van der Waals surface area contributed by atoms with Gasteiger partial charge in [0.1, 0.15) is 0 Å². The molecule has 1 aliphatic carbocycles. The second kappa shape index (κ2) is 8.38. The van der Waals surface area contributed by atoms with Crippen LogP contribution in [0.4, 0.5) is 5.69 Å². The van der Waals surface area contributed by atoms with E-state index >= 15 is 0 Å². The highest BCUT2D eigenvalue weighted by atomic mass is 32.2. The van der Waals surface area contributed by atoms with Gasteiger partial charge in [0, 0.05) is 24.1 Å². The average molecular weight is 343 g/mol. The van der Waals surface area contributed by atoms with E-state index in [0.717, 1.165) is 17.3 Å². The first-order chi connectivity index (χ1) is 11.8. The minimum absolute atomic E-state index is 0.0162. The molecule has 0 spiro atoms. The Bertz CT molecular complexity index is 660. The number of aromatic nitrogens is 2. The predicted octanol–water partition coefficient (Wildman–Crippen LogP) is 4.68. The molecule has 0 unspecified atom stereocenters. The summed E-state index contributed by atoms with van der Waals surface area (Å²) in [5.74, 6) is 0.404. The SMILES string of the molecule is CCc1ccc(NC(=O)CSc2nccn2C2CCCCC2)cc1. The van der Waals surface area contributed by atoms with E-state index in [2.05, 4.69) is 40.1 Å². The molecule has 128 valence electrons. The second-order valence-corrected chi connectivity index (χ2v) is 7.24. The summed E-state index contributed by atoms with van der Waals surface area (Å²) in [6.45, 7) is 2.12. The number of nitrogens with one attached hydrogen (secondary N) is 1. The molecule has 1 aliphatic rings. The van der Waals surface area contributed by atoms with Crippen molar-refractivity contribution in [1.82, 2.24) is 9.55 Å². The molecule has 1 saturated carbocycles. The highest BCUT2D eigenvalue weighted by Gasteiger charge is 2.18. The maximum absolute atomic E-state index is 12.2. The van der Waals surface area contributed by atoms with Crippen molar-refractivity contribution in [3.05, 3.63) is 42.2 Å². The monoisotopic (exact) mass is 343 g/mol. The number of benzene rings is 1. The van der Waals surface area contributed by atoms with Gasteiger partial charge in [-0.1, -0.05) is 50.1 Å². The molecular formula is C19H25N3OS. The lowest BCUT2D eigenvalue weighted by molar-refractivity contribution is -0.113. The fourth-order valence-electron chi connectivity index (χ4n) is 3.20. The van der Waals surface area contributed by atoms with Gasteiger partial charge in [0.15, 0.2) is 5.16 Å². The van der Waals surface area contributed by atoms with E-state index in [9.17, 15) is 4.79 Å². The summed E-state index contributed by atoms with van der Waals surface area (Å²) in [5, 5.41) is 3.91. The molecule has 0 aliphatic heterocycles. The Hall–Kier alpha value is -1.75. The molecular weight excluding hydrogens is 318 g/mol. The molecule has 0 atom stereocenters. The Labute approximate surface area is 148 Å². The van der Waals surface area contributed by atoms with Crippen LogP contribution in [0.5, 0.6) is 0 Å². The Kier molecular flexibility index (Phi) is 5.96. The Morgan fingerprint density at radius 1 is 1.25 bits per heavy atom. The van der Waals surface area contributed by atoms with Gasteiger partial charge in [0.05, 0.1) is 5.75 Å². The minimum atomic E-state index is 0.0162. The number of amides is 1. The number of hydrogen-bond donors (Lipinski definition) is 1. The number of nitrogens with zero attached hydrogens (tertiary/aromatic N) is 2. The van der Waals surface area contributed by atoms with Crippen LogP contribution in [-0.4, -0.2) is 21.2 Å². The maximum Gasteiger partial charge on any atom is 0.234 e. The highest BCUT2D eigenvalue weighted by Crippen LogP contribution is 2.31. The predicted molar refractivity (Wildman–Crippen MR) is 99.5 cm³/mol. The van der Waals surface area contributed by atoms with Gasteiger partial charge in [0.2, 0.25) is 5.91 Å². The summed E-state index contributed by atoms with van der Waals surface area (Å²) in [6, 6.07) is 8.58. The molecule has 1 N–H and O–H groups in total. The fraction of sp³-hybridized carbons (Fsp3) is 0.474. The number of imidazole rings is 1. The quantitative estimate of drug-likeness (QED) is 0.775. The van der Waals surface area contributed by atoms with Gasteiger partial charge in [-0.3, -0.25) is 4.79 Å². The van der Waals surface area contributed by atoms with Crippen molar-refractivity contribution in [1.29, 1.82) is 0 Å². The molecule has 1 aromatic heterocycles. The molecule has 2 aromatic rings. The summed E-state index contributed by atoms with van der Waals surface area (Å²) in [5.41, 5.74) is 2.13. The van der Waals surface area contributed by atoms with E-state index in [1.807, 2.05) is 18.3 Å². The summed E-state index contributed by atoms with van der Waals surface area (Å²) in [7, 11) is 0. The van der Waals surface area contributed by atoms with Crippen molar-refractivity contribution in [2.75, 3.05) is 11.1 Å². The number of carbonyl (C=O) groups excluding carboxylic acids is 1. The van der Waals surface area contributed by atoms with Crippen molar-refractivity contribution >= 4 is 23.4 Å². The van der Waals surface area contributed by atoms with Gasteiger partial charge >= 0.3 is 0 Å². The first-order valence-corrected chi connectivity index (χ1v) is 9.79. The molecule has 0 saturated heterocycles. The molecule has 1 aromatic carbocycles. The summed E-state index contributed by atoms with van der Waals surface area (Å²) in [6.07, 6.45) is 11.3. The first-order valence-electron chi connectivity index (χ1n) is 8.80. The number of rotatable bonds is 6. The minimum Gasteiger partial charge on any atom is -0.325 e. The lowest BCUT2D eigenvalue weighted by atomic mass is 9.95. The largest absolute Gasteiger partial charge is 0.325 e. The van der Waals surface area contributed by atoms with Crippen LogP contribution in [0, 0.1) is 0 Å². The van der Waals surface area contributed by atoms with E-state index in [-0.39, 0.29) is 5.91 Å². The lowest BCUT2D eigenvalue weighted by Crippen LogP contribution is -2.16. The van der Waals surface area contributed by atoms with Crippen molar-refractivity contribution in [2.45, 2.75) is 56.6 Å². The molecule has 0 radical (unpaired) electrons. The molecule has 4 nitrogen and oxygen atoms in total. The zero-order chi connectivity index (χ0) is 16.8. The Morgan fingerprint density at radius 2 is 2.00 bits per heavy atom. The molecule has 24 heavy (non-hydrogen) atoms.